The van der Waals surface area contributed by atoms with Crippen LogP contribution in [0.4, 0.5) is 0 Å². The summed E-state index contributed by atoms with van der Waals surface area (Å²) in [5.74, 6) is -0.910. The van der Waals surface area contributed by atoms with E-state index in [9.17, 15) is 14.4 Å². The van der Waals surface area contributed by atoms with Gasteiger partial charge >= 0.3 is 17.9 Å². The average molecular weight is 1020 g/mol. The largest absolute Gasteiger partial charge is 0.462 e. The minimum absolute atomic E-state index is 0.0871. The van der Waals surface area contributed by atoms with E-state index >= 15 is 0 Å². The van der Waals surface area contributed by atoms with Crippen molar-refractivity contribution >= 4 is 17.9 Å². The van der Waals surface area contributed by atoms with E-state index in [0.29, 0.717) is 19.3 Å². The van der Waals surface area contributed by atoms with Gasteiger partial charge in [-0.2, -0.15) is 0 Å². The molecule has 1 unspecified atom stereocenters. The lowest BCUT2D eigenvalue weighted by molar-refractivity contribution is -0.167. The standard InChI is InChI=1S/C67H114O6/c1-4-7-10-13-16-19-22-25-27-28-29-30-31-32-33-34-35-36-37-38-40-42-45-48-51-54-57-60-66(69)72-63-64(62-71-65(68)59-56-53-50-47-44-41-24-21-18-15-12-9-6-3)73-67(70)61-58-55-52-49-46-43-39-26-23-20-17-14-11-8-5-2/h7,10,12,15-17,19-21,24-27,29-30,39,64H,4-6,8-9,11,13-14,18,22-23,28,31-38,40-63H2,1-3H3/b10-7-,15-12-,19-16-,20-17-,24-21-,27-25-,30-29-,39-26-. The summed E-state index contributed by atoms with van der Waals surface area (Å²) in [6.07, 6.45) is 81.2. The van der Waals surface area contributed by atoms with Gasteiger partial charge in [-0.3, -0.25) is 14.4 Å². The van der Waals surface area contributed by atoms with Crippen molar-refractivity contribution in [3.8, 4) is 0 Å². The fourth-order valence-electron chi connectivity index (χ4n) is 8.44. The van der Waals surface area contributed by atoms with Crippen molar-refractivity contribution in [2.45, 2.75) is 297 Å². The third-order valence-electron chi connectivity index (χ3n) is 13.0. The zero-order chi connectivity index (χ0) is 52.9. The van der Waals surface area contributed by atoms with Gasteiger partial charge in [0.15, 0.2) is 6.10 Å². The molecule has 0 radical (unpaired) electrons. The molecule has 0 aromatic rings. The average Bonchev–Trinajstić information content (AvgIpc) is 3.39. The number of ether oxygens (including phenoxy) is 3. The zero-order valence-electron chi connectivity index (χ0n) is 47.9. The van der Waals surface area contributed by atoms with E-state index < -0.39 is 6.10 Å². The summed E-state index contributed by atoms with van der Waals surface area (Å²) in [7, 11) is 0. The van der Waals surface area contributed by atoms with Gasteiger partial charge in [-0.1, -0.05) is 253 Å². The summed E-state index contributed by atoms with van der Waals surface area (Å²) in [5, 5.41) is 0. The fourth-order valence-corrected chi connectivity index (χ4v) is 8.44. The Morgan fingerprint density at radius 3 is 0.890 bits per heavy atom. The summed E-state index contributed by atoms with van der Waals surface area (Å²) < 4.78 is 16.9. The summed E-state index contributed by atoms with van der Waals surface area (Å²) in [4.78, 5) is 38.2. The van der Waals surface area contributed by atoms with E-state index in [-0.39, 0.29) is 31.1 Å². The maximum absolute atomic E-state index is 12.9. The number of rotatable bonds is 55. The molecule has 0 bridgehead atoms. The number of carbonyl (C=O) groups is 3. The van der Waals surface area contributed by atoms with Crippen LogP contribution in [-0.2, 0) is 28.6 Å². The molecule has 1 atom stereocenters. The van der Waals surface area contributed by atoms with Crippen LogP contribution >= 0.6 is 0 Å². The third-order valence-corrected chi connectivity index (χ3v) is 13.0. The van der Waals surface area contributed by atoms with Gasteiger partial charge in [-0.15, -0.1) is 0 Å². The van der Waals surface area contributed by atoms with Gasteiger partial charge in [0.25, 0.3) is 0 Å². The monoisotopic (exact) mass is 1010 g/mol. The van der Waals surface area contributed by atoms with Crippen molar-refractivity contribution < 1.29 is 28.6 Å². The molecule has 0 heterocycles. The molecule has 6 nitrogen and oxygen atoms in total. The minimum Gasteiger partial charge on any atom is -0.462 e. The van der Waals surface area contributed by atoms with Gasteiger partial charge in [0.2, 0.25) is 0 Å². The Balaban J connectivity index is 4.27. The molecule has 0 saturated heterocycles. The Labute approximate surface area is 451 Å². The molecule has 418 valence electrons. The van der Waals surface area contributed by atoms with Gasteiger partial charge in [0.05, 0.1) is 0 Å². The highest BCUT2D eigenvalue weighted by Crippen LogP contribution is 2.16. The molecule has 0 aromatic heterocycles. The molecule has 0 N–H and O–H groups in total. The Hall–Kier alpha value is -3.67. The first kappa shape index (κ1) is 69.3. The lowest BCUT2D eigenvalue weighted by atomic mass is 10.0. The minimum atomic E-state index is -0.791. The highest BCUT2D eigenvalue weighted by Gasteiger charge is 2.19. The molecule has 0 aliphatic heterocycles. The molecule has 0 spiro atoms. The summed E-state index contributed by atoms with van der Waals surface area (Å²) in [5.41, 5.74) is 0. The van der Waals surface area contributed by atoms with E-state index in [4.69, 9.17) is 14.2 Å². The fraction of sp³-hybridized carbons (Fsp3) is 0.716. The first-order valence-electron chi connectivity index (χ1n) is 30.7. The Morgan fingerprint density at radius 2 is 0.562 bits per heavy atom. The van der Waals surface area contributed by atoms with E-state index in [2.05, 4.69) is 118 Å². The Morgan fingerprint density at radius 1 is 0.288 bits per heavy atom. The van der Waals surface area contributed by atoms with Crippen molar-refractivity contribution in [2.75, 3.05) is 13.2 Å². The van der Waals surface area contributed by atoms with Crippen LogP contribution in [0.2, 0.25) is 0 Å². The topological polar surface area (TPSA) is 78.9 Å². The van der Waals surface area contributed by atoms with Crippen LogP contribution in [-0.4, -0.2) is 37.2 Å². The number of allylic oxidation sites excluding steroid dienone is 16. The molecule has 0 aliphatic rings. The summed E-state index contributed by atoms with van der Waals surface area (Å²) >= 11 is 0. The maximum Gasteiger partial charge on any atom is 0.306 e. The molecule has 0 aliphatic carbocycles. The lowest BCUT2D eigenvalue weighted by Gasteiger charge is -2.18. The first-order valence-corrected chi connectivity index (χ1v) is 30.7. The van der Waals surface area contributed by atoms with E-state index in [0.717, 1.165) is 141 Å². The zero-order valence-corrected chi connectivity index (χ0v) is 47.9. The molecular weight excluding hydrogens is 901 g/mol. The first-order chi connectivity index (χ1) is 36.0. The van der Waals surface area contributed by atoms with Gasteiger partial charge in [-0.25, -0.2) is 0 Å². The SMILES string of the molecule is CC/C=C\C/C=C\C/C=C\C/C=C\CCCCCCCCCCCCCCCCC(=O)OCC(COC(=O)CCCCCCC/C=C\C/C=C\CCC)OC(=O)CCCCCCC/C=C\C/C=C\CCCCC. The smallest absolute Gasteiger partial charge is 0.306 e. The van der Waals surface area contributed by atoms with Crippen LogP contribution in [0.15, 0.2) is 97.2 Å². The Bertz CT molecular complexity index is 1440. The lowest BCUT2D eigenvalue weighted by Crippen LogP contribution is -2.30. The summed E-state index contributed by atoms with van der Waals surface area (Å²) in [6.45, 7) is 6.43. The predicted octanol–water partition coefficient (Wildman–Crippen LogP) is 20.9. The van der Waals surface area contributed by atoms with Crippen LogP contribution in [0.5, 0.6) is 0 Å². The van der Waals surface area contributed by atoms with Gasteiger partial charge in [-0.05, 0) is 116 Å². The number of esters is 3. The second kappa shape index (κ2) is 60.9. The van der Waals surface area contributed by atoms with Crippen molar-refractivity contribution in [2.24, 2.45) is 0 Å². The van der Waals surface area contributed by atoms with E-state index in [1.807, 2.05) is 0 Å². The van der Waals surface area contributed by atoms with Crippen LogP contribution in [0.1, 0.15) is 290 Å². The normalized spacial score (nSPS) is 12.8. The quantitative estimate of drug-likeness (QED) is 0.0261. The van der Waals surface area contributed by atoms with Crippen molar-refractivity contribution in [1.82, 2.24) is 0 Å². The second-order valence-electron chi connectivity index (χ2n) is 20.2. The van der Waals surface area contributed by atoms with E-state index in [1.54, 1.807) is 0 Å². The van der Waals surface area contributed by atoms with Gasteiger partial charge in [0, 0.05) is 19.3 Å². The van der Waals surface area contributed by atoms with Gasteiger partial charge in [0.1, 0.15) is 13.2 Å². The van der Waals surface area contributed by atoms with Crippen molar-refractivity contribution in [3.63, 3.8) is 0 Å². The molecule has 0 saturated carbocycles. The van der Waals surface area contributed by atoms with Crippen LogP contribution in [0.3, 0.4) is 0 Å². The molecule has 6 heteroatoms. The number of hydrogen-bond acceptors (Lipinski definition) is 6. The number of carbonyl (C=O) groups excluding carboxylic acids is 3. The molecule has 0 aromatic carbocycles. The molecule has 0 fully saturated rings. The van der Waals surface area contributed by atoms with Crippen LogP contribution < -0.4 is 0 Å². The second-order valence-corrected chi connectivity index (χ2v) is 20.2. The van der Waals surface area contributed by atoms with Crippen LogP contribution in [0.25, 0.3) is 0 Å². The van der Waals surface area contributed by atoms with Crippen molar-refractivity contribution in [3.05, 3.63) is 97.2 Å². The molecule has 0 rings (SSSR count). The summed E-state index contributed by atoms with van der Waals surface area (Å²) in [6, 6.07) is 0. The predicted molar refractivity (Wildman–Crippen MR) is 316 cm³/mol. The van der Waals surface area contributed by atoms with Crippen LogP contribution in [0, 0.1) is 0 Å². The highest BCUT2D eigenvalue weighted by atomic mass is 16.6. The van der Waals surface area contributed by atoms with Gasteiger partial charge < -0.3 is 14.2 Å². The number of unbranched alkanes of at least 4 members (excludes halogenated alkanes) is 28. The number of hydrogen-bond donors (Lipinski definition) is 0. The highest BCUT2D eigenvalue weighted by molar-refractivity contribution is 5.71. The third kappa shape index (κ3) is 59.1. The molecule has 73 heavy (non-hydrogen) atoms. The molecule has 0 amide bonds. The van der Waals surface area contributed by atoms with Crippen molar-refractivity contribution in [1.29, 1.82) is 0 Å². The maximum atomic E-state index is 12.9. The van der Waals surface area contributed by atoms with E-state index in [1.165, 1.54) is 109 Å². The molecular formula is C67H114O6. The Kier molecular flexibility index (Phi) is 57.8.